The molecular formula is C30H35F2N5O3. The molecule has 0 unspecified atom stereocenters. The van der Waals surface area contributed by atoms with Crippen LogP contribution in [0.1, 0.15) is 16.7 Å². The van der Waals surface area contributed by atoms with Gasteiger partial charge in [0, 0.05) is 44.5 Å². The molecule has 1 heterocycles. The van der Waals surface area contributed by atoms with Crippen LogP contribution >= 0.6 is 0 Å². The number of nitrogens with one attached hydrogen (secondary N) is 3. The van der Waals surface area contributed by atoms with Crippen molar-refractivity contribution in [2.75, 3.05) is 32.1 Å². The average molecular weight is 552 g/mol. The van der Waals surface area contributed by atoms with E-state index in [1.807, 2.05) is 67.5 Å². The van der Waals surface area contributed by atoms with Crippen molar-refractivity contribution in [2.45, 2.75) is 37.7 Å². The van der Waals surface area contributed by atoms with Crippen molar-refractivity contribution in [3.05, 3.63) is 101 Å². The SMILES string of the molecule is CN(C)c1cccc(CNC[C@H](O)[C@H](Cc2ccccc2)NC(=O)[C@@H]2CN(Cc3ccc(F)cc3F)C(=O)N2)c1. The van der Waals surface area contributed by atoms with E-state index in [0.29, 0.717) is 13.0 Å². The summed E-state index contributed by atoms with van der Waals surface area (Å²) < 4.78 is 27.4. The van der Waals surface area contributed by atoms with Crippen LogP contribution in [0, 0.1) is 11.6 Å². The summed E-state index contributed by atoms with van der Waals surface area (Å²) in [7, 11) is 3.94. The van der Waals surface area contributed by atoms with Gasteiger partial charge in [0.25, 0.3) is 0 Å². The summed E-state index contributed by atoms with van der Waals surface area (Å²) in [6, 6.07) is 18.7. The van der Waals surface area contributed by atoms with E-state index in [4.69, 9.17) is 0 Å². The molecule has 0 radical (unpaired) electrons. The highest BCUT2D eigenvalue weighted by Crippen LogP contribution is 2.16. The first-order valence-electron chi connectivity index (χ1n) is 13.2. The average Bonchev–Trinajstić information content (AvgIpc) is 3.30. The second-order valence-corrected chi connectivity index (χ2v) is 10.2. The molecule has 40 heavy (non-hydrogen) atoms. The first kappa shape index (κ1) is 29.0. The van der Waals surface area contributed by atoms with Crippen molar-refractivity contribution in [3.63, 3.8) is 0 Å². The summed E-state index contributed by atoms with van der Waals surface area (Å²) in [5, 5.41) is 19.9. The number of aliphatic hydroxyl groups is 1. The number of amides is 3. The molecule has 0 aromatic heterocycles. The highest BCUT2D eigenvalue weighted by atomic mass is 19.1. The summed E-state index contributed by atoms with van der Waals surface area (Å²) in [5.41, 5.74) is 3.23. The monoisotopic (exact) mass is 551 g/mol. The van der Waals surface area contributed by atoms with E-state index in [1.165, 1.54) is 11.0 Å². The number of urea groups is 1. The van der Waals surface area contributed by atoms with E-state index in [9.17, 15) is 23.5 Å². The lowest BCUT2D eigenvalue weighted by Crippen LogP contribution is -2.53. The van der Waals surface area contributed by atoms with E-state index < -0.39 is 41.8 Å². The number of carbonyl (C=O) groups is 2. The van der Waals surface area contributed by atoms with Crippen LogP contribution in [-0.4, -0.2) is 67.3 Å². The van der Waals surface area contributed by atoms with Gasteiger partial charge in [-0.3, -0.25) is 4.79 Å². The number of anilines is 1. The molecule has 3 aromatic rings. The molecule has 3 aromatic carbocycles. The van der Waals surface area contributed by atoms with Crippen molar-refractivity contribution >= 4 is 17.6 Å². The lowest BCUT2D eigenvalue weighted by molar-refractivity contribution is -0.124. The number of hydrogen-bond donors (Lipinski definition) is 4. The van der Waals surface area contributed by atoms with Crippen molar-refractivity contribution < 1.29 is 23.5 Å². The molecule has 3 atom stereocenters. The molecule has 1 aliphatic rings. The standard InChI is InChI=1S/C30H35F2N5O3/c1-36(2)24-10-6-9-21(13-24)16-33-17-28(38)26(14-20-7-4-3-5-8-20)34-29(39)27-19-37(30(40)35-27)18-22-11-12-23(31)15-25(22)32/h3-13,15,26-28,33,38H,14,16-19H2,1-2H3,(H,34,39)(H,35,40)/t26-,27-,28-/m0/s1. The van der Waals surface area contributed by atoms with Gasteiger partial charge in [-0.05, 0) is 35.7 Å². The van der Waals surface area contributed by atoms with E-state index in [1.54, 1.807) is 0 Å². The number of nitrogens with zero attached hydrogens (tertiary/aromatic N) is 2. The third-order valence-corrected chi connectivity index (χ3v) is 6.88. The van der Waals surface area contributed by atoms with Crippen molar-refractivity contribution in [2.24, 2.45) is 0 Å². The fourth-order valence-corrected chi connectivity index (χ4v) is 4.62. The van der Waals surface area contributed by atoms with Crippen LogP contribution in [-0.2, 0) is 24.3 Å². The van der Waals surface area contributed by atoms with E-state index in [0.717, 1.165) is 28.9 Å². The zero-order valence-electron chi connectivity index (χ0n) is 22.6. The maximum Gasteiger partial charge on any atom is 0.318 e. The highest BCUT2D eigenvalue weighted by Gasteiger charge is 2.35. The molecule has 1 saturated heterocycles. The number of carbonyl (C=O) groups excluding carboxylic acids is 2. The Kier molecular flexibility index (Phi) is 9.68. The Morgan fingerprint density at radius 2 is 1.82 bits per heavy atom. The molecule has 0 saturated carbocycles. The number of benzene rings is 3. The van der Waals surface area contributed by atoms with Gasteiger partial charge in [-0.15, -0.1) is 0 Å². The first-order chi connectivity index (χ1) is 19.2. The number of hydrogen-bond acceptors (Lipinski definition) is 5. The minimum atomic E-state index is -0.914. The molecule has 8 nitrogen and oxygen atoms in total. The molecule has 1 aliphatic heterocycles. The lowest BCUT2D eigenvalue weighted by atomic mass is 10.0. The maximum atomic E-state index is 14.1. The third kappa shape index (κ3) is 7.77. The van der Waals surface area contributed by atoms with Crippen LogP contribution in [0.2, 0.25) is 0 Å². The maximum absolute atomic E-state index is 14.1. The molecule has 1 fully saturated rings. The predicted octanol–water partition coefficient (Wildman–Crippen LogP) is 2.80. The molecule has 0 bridgehead atoms. The normalized spacial score (nSPS) is 16.4. The molecular weight excluding hydrogens is 516 g/mol. The van der Waals surface area contributed by atoms with Crippen molar-refractivity contribution in [3.8, 4) is 0 Å². The van der Waals surface area contributed by atoms with Crippen LogP contribution in [0.25, 0.3) is 0 Å². The Morgan fingerprint density at radius 1 is 1.07 bits per heavy atom. The largest absolute Gasteiger partial charge is 0.390 e. The Morgan fingerprint density at radius 3 is 2.55 bits per heavy atom. The van der Waals surface area contributed by atoms with Gasteiger partial charge in [-0.2, -0.15) is 0 Å². The quantitative estimate of drug-likeness (QED) is 0.278. The zero-order valence-corrected chi connectivity index (χ0v) is 22.6. The molecule has 3 amide bonds. The molecule has 10 heteroatoms. The minimum absolute atomic E-state index is 0.0100. The van der Waals surface area contributed by atoms with Gasteiger partial charge >= 0.3 is 6.03 Å². The van der Waals surface area contributed by atoms with Crippen LogP contribution < -0.4 is 20.9 Å². The number of aliphatic hydroxyl groups excluding tert-OH is 1. The van der Waals surface area contributed by atoms with E-state index in [2.05, 4.69) is 22.0 Å². The van der Waals surface area contributed by atoms with Gasteiger partial charge in [-0.25, -0.2) is 13.6 Å². The highest BCUT2D eigenvalue weighted by molar-refractivity contribution is 5.90. The molecule has 4 N–H and O–H groups in total. The zero-order chi connectivity index (χ0) is 28.6. The van der Waals surface area contributed by atoms with Crippen LogP contribution in [0.4, 0.5) is 19.3 Å². The second-order valence-electron chi connectivity index (χ2n) is 10.2. The fourth-order valence-electron chi connectivity index (χ4n) is 4.62. The van der Waals surface area contributed by atoms with Gasteiger partial charge < -0.3 is 30.9 Å². The minimum Gasteiger partial charge on any atom is -0.390 e. The summed E-state index contributed by atoms with van der Waals surface area (Å²) in [5.74, 6) is -1.91. The third-order valence-electron chi connectivity index (χ3n) is 6.88. The lowest BCUT2D eigenvalue weighted by Gasteiger charge is -2.26. The topological polar surface area (TPSA) is 96.9 Å². The second kappa shape index (κ2) is 13.4. The first-order valence-corrected chi connectivity index (χ1v) is 13.2. The molecule has 4 rings (SSSR count). The van der Waals surface area contributed by atoms with E-state index >= 15 is 0 Å². The summed E-state index contributed by atoms with van der Waals surface area (Å²) in [6.07, 6.45) is -0.529. The van der Waals surface area contributed by atoms with E-state index in [-0.39, 0.29) is 25.2 Å². The van der Waals surface area contributed by atoms with Gasteiger partial charge in [0.15, 0.2) is 0 Å². The van der Waals surface area contributed by atoms with Gasteiger partial charge in [0.05, 0.1) is 25.2 Å². The molecule has 0 aliphatic carbocycles. The molecule has 212 valence electrons. The van der Waals surface area contributed by atoms with Gasteiger partial charge in [-0.1, -0.05) is 48.5 Å². The van der Waals surface area contributed by atoms with Crippen LogP contribution in [0.3, 0.4) is 0 Å². The predicted molar refractivity (Wildman–Crippen MR) is 150 cm³/mol. The summed E-state index contributed by atoms with van der Waals surface area (Å²) in [6.45, 7) is 0.683. The Bertz CT molecular complexity index is 1310. The summed E-state index contributed by atoms with van der Waals surface area (Å²) >= 11 is 0. The fraction of sp³-hybridized carbons (Fsp3) is 0.333. The Labute approximate surface area is 233 Å². The number of halogens is 2. The van der Waals surface area contributed by atoms with Crippen LogP contribution in [0.5, 0.6) is 0 Å². The summed E-state index contributed by atoms with van der Waals surface area (Å²) in [4.78, 5) is 29.0. The number of rotatable bonds is 12. The smallest absolute Gasteiger partial charge is 0.318 e. The van der Waals surface area contributed by atoms with Crippen molar-refractivity contribution in [1.29, 1.82) is 0 Å². The Balaban J connectivity index is 1.37. The van der Waals surface area contributed by atoms with Gasteiger partial charge in [0.2, 0.25) is 5.91 Å². The van der Waals surface area contributed by atoms with Crippen LogP contribution in [0.15, 0.2) is 72.8 Å². The molecule has 0 spiro atoms. The van der Waals surface area contributed by atoms with Crippen molar-refractivity contribution in [1.82, 2.24) is 20.9 Å². The van der Waals surface area contributed by atoms with Gasteiger partial charge in [0.1, 0.15) is 17.7 Å². The Hall–Kier alpha value is -4.02.